The molecule has 114 valence electrons. The van der Waals surface area contributed by atoms with Gasteiger partial charge in [0.1, 0.15) is 0 Å². The number of ether oxygens (including phenoxy) is 1. The van der Waals surface area contributed by atoms with E-state index < -0.39 is 0 Å². The molecule has 3 rings (SSSR count). The van der Waals surface area contributed by atoms with Crippen molar-refractivity contribution in [3.05, 3.63) is 23.9 Å². The first kappa shape index (κ1) is 14.3. The molecule has 2 heterocycles. The third-order valence-corrected chi connectivity index (χ3v) is 4.27. The zero-order chi connectivity index (χ0) is 14.7. The topological polar surface area (TPSA) is 45.7 Å². The highest BCUT2D eigenvalue weighted by Crippen LogP contribution is 2.30. The lowest BCUT2D eigenvalue weighted by Crippen LogP contribution is -2.34. The lowest BCUT2D eigenvalue weighted by molar-refractivity contribution is -0.130. The molecule has 0 bridgehead atoms. The van der Waals surface area contributed by atoms with Crippen LogP contribution in [0.2, 0.25) is 0 Å². The average molecular weight is 289 g/mol. The number of hydrogen-bond donors (Lipinski definition) is 0. The molecule has 2 fully saturated rings. The lowest BCUT2D eigenvalue weighted by Gasteiger charge is -2.22. The zero-order valence-corrected chi connectivity index (χ0v) is 12.6. The molecule has 0 N–H and O–H groups in total. The van der Waals surface area contributed by atoms with Crippen LogP contribution in [0.3, 0.4) is 0 Å². The van der Waals surface area contributed by atoms with Gasteiger partial charge in [-0.15, -0.1) is 0 Å². The largest absolute Gasteiger partial charge is 0.481 e. The van der Waals surface area contributed by atoms with E-state index in [1.54, 1.807) is 7.11 Å². The quantitative estimate of drug-likeness (QED) is 0.825. The van der Waals surface area contributed by atoms with Gasteiger partial charge in [0, 0.05) is 51.4 Å². The monoisotopic (exact) mass is 289 g/mol. The van der Waals surface area contributed by atoms with Crippen molar-refractivity contribution in [2.45, 2.75) is 25.8 Å². The molecular formula is C16H23N3O2. The van der Waals surface area contributed by atoms with E-state index in [2.05, 4.69) is 14.8 Å². The fourth-order valence-electron chi connectivity index (χ4n) is 2.76. The van der Waals surface area contributed by atoms with Crippen molar-refractivity contribution in [3.8, 4) is 5.88 Å². The van der Waals surface area contributed by atoms with Crippen LogP contribution < -0.4 is 4.74 Å². The van der Waals surface area contributed by atoms with E-state index in [1.807, 2.05) is 18.3 Å². The Labute approximate surface area is 125 Å². The summed E-state index contributed by atoms with van der Waals surface area (Å²) in [5.74, 6) is 1.73. The summed E-state index contributed by atoms with van der Waals surface area (Å²) in [5, 5.41) is 0. The van der Waals surface area contributed by atoms with Crippen LogP contribution in [0.5, 0.6) is 5.88 Å². The van der Waals surface area contributed by atoms with Crippen LogP contribution in [-0.2, 0) is 11.3 Å². The Morgan fingerprint density at radius 2 is 2.14 bits per heavy atom. The number of methoxy groups -OCH3 is 1. The molecule has 1 amide bonds. The summed E-state index contributed by atoms with van der Waals surface area (Å²) in [5.41, 5.74) is 1.17. The normalized spacial score (nSPS) is 20.4. The molecular weight excluding hydrogens is 266 g/mol. The summed E-state index contributed by atoms with van der Waals surface area (Å²) in [7, 11) is 1.62. The van der Waals surface area contributed by atoms with Crippen LogP contribution in [0, 0.1) is 5.92 Å². The first-order valence-corrected chi connectivity index (χ1v) is 7.73. The molecule has 1 saturated heterocycles. The van der Waals surface area contributed by atoms with Crippen molar-refractivity contribution in [3.63, 3.8) is 0 Å². The van der Waals surface area contributed by atoms with E-state index in [0.717, 1.165) is 38.6 Å². The van der Waals surface area contributed by atoms with Crippen molar-refractivity contribution < 1.29 is 9.53 Å². The maximum Gasteiger partial charge on any atom is 0.223 e. The van der Waals surface area contributed by atoms with Gasteiger partial charge in [0.2, 0.25) is 11.8 Å². The minimum atomic E-state index is 0.317. The number of hydrogen-bond acceptors (Lipinski definition) is 4. The third-order valence-electron chi connectivity index (χ3n) is 4.27. The molecule has 21 heavy (non-hydrogen) atoms. The van der Waals surface area contributed by atoms with E-state index in [0.29, 0.717) is 18.2 Å². The highest BCUT2D eigenvalue weighted by molar-refractivity contribution is 5.76. The zero-order valence-electron chi connectivity index (χ0n) is 12.6. The molecule has 5 heteroatoms. The molecule has 0 radical (unpaired) electrons. The number of carbonyl (C=O) groups excluding carboxylic acids is 1. The van der Waals surface area contributed by atoms with Gasteiger partial charge in [-0.3, -0.25) is 9.69 Å². The highest BCUT2D eigenvalue weighted by atomic mass is 16.5. The van der Waals surface area contributed by atoms with Gasteiger partial charge in [-0.2, -0.15) is 0 Å². The van der Waals surface area contributed by atoms with Gasteiger partial charge in [0.25, 0.3) is 0 Å². The molecule has 1 aromatic heterocycles. The Balaban J connectivity index is 1.54. The summed E-state index contributed by atoms with van der Waals surface area (Å²) in [4.78, 5) is 20.8. The van der Waals surface area contributed by atoms with Gasteiger partial charge in [-0.05, 0) is 24.3 Å². The Morgan fingerprint density at radius 1 is 1.29 bits per heavy atom. The van der Waals surface area contributed by atoms with E-state index >= 15 is 0 Å². The van der Waals surface area contributed by atoms with Crippen LogP contribution in [0.1, 0.15) is 24.8 Å². The average Bonchev–Trinajstić information content (AvgIpc) is 3.33. The van der Waals surface area contributed by atoms with E-state index in [9.17, 15) is 4.79 Å². The van der Waals surface area contributed by atoms with Gasteiger partial charge >= 0.3 is 0 Å². The summed E-state index contributed by atoms with van der Waals surface area (Å²) in [6.45, 7) is 4.47. The van der Waals surface area contributed by atoms with Gasteiger partial charge < -0.3 is 9.64 Å². The molecule has 0 unspecified atom stereocenters. The van der Waals surface area contributed by atoms with E-state index in [-0.39, 0.29) is 0 Å². The number of nitrogens with zero attached hydrogens (tertiary/aromatic N) is 3. The Hall–Kier alpha value is -1.62. The molecule has 0 spiro atoms. The van der Waals surface area contributed by atoms with Crippen LogP contribution in [-0.4, -0.2) is 54.0 Å². The molecule has 5 nitrogen and oxygen atoms in total. The Morgan fingerprint density at radius 3 is 2.81 bits per heavy atom. The number of aromatic nitrogens is 1. The third kappa shape index (κ3) is 3.94. The smallest absolute Gasteiger partial charge is 0.223 e. The Kier molecular flexibility index (Phi) is 4.39. The molecule has 2 aliphatic rings. The standard InChI is InChI=1S/C16H23N3O2/c1-21-15-5-4-14(10-17-15)11-18-7-6-16(20)19(9-8-18)12-13-2-3-13/h4-5,10,13H,2-3,6-9,11-12H2,1H3. The Bertz CT molecular complexity index is 485. The number of amides is 1. The van der Waals surface area contributed by atoms with Crippen LogP contribution in [0.15, 0.2) is 18.3 Å². The van der Waals surface area contributed by atoms with Crippen LogP contribution in [0.4, 0.5) is 0 Å². The van der Waals surface area contributed by atoms with Crippen molar-refractivity contribution >= 4 is 5.91 Å². The molecule has 1 aliphatic carbocycles. The summed E-state index contributed by atoms with van der Waals surface area (Å²) in [6, 6.07) is 3.93. The second-order valence-corrected chi connectivity index (χ2v) is 6.02. The second-order valence-electron chi connectivity index (χ2n) is 6.02. The van der Waals surface area contributed by atoms with E-state index in [4.69, 9.17) is 4.74 Å². The molecule has 0 aromatic carbocycles. The van der Waals surface area contributed by atoms with Gasteiger partial charge in [0.05, 0.1) is 7.11 Å². The highest BCUT2D eigenvalue weighted by Gasteiger charge is 2.28. The first-order valence-electron chi connectivity index (χ1n) is 7.73. The van der Waals surface area contributed by atoms with Crippen molar-refractivity contribution in [2.75, 3.05) is 33.3 Å². The number of rotatable bonds is 5. The predicted octanol–water partition coefficient (Wildman–Crippen LogP) is 1.53. The predicted molar refractivity (Wildman–Crippen MR) is 80.0 cm³/mol. The summed E-state index contributed by atoms with van der Waals surface area (Å²) >= 11 is 0. The van der Waals surface area contributed by atoms with Crippen molar-refractivity contribution in [1.29, 1.82) is 0 Å². The fourth-order valence-corrected chi connectivity index (χ4v) is 2.76. The van der Waals surface area contributed by atoms with Crippen molar-refractivity contribution in [1.82, 2.24) is 14.8 Å². The van der Waals surface area contributed by atoms with Crippen LogP contribution >= 0.6 is 0 Å². The van der Waals surface area contributed by atoms with Gasteiger partial charge in [-0.1, -0.05) is 6.07 Å². The first-order chi connectivity index (χ1) is 10.2. The molecule has 0 atom stereocenters. The molecule has 1 aromatic rings. The van der Waals surface area contributed by atoms with E-state index in [1.165, 1.54) is 18.4 Å². The summed E-state index contributed by atoms with van der Waals surface area (Å²) < 4.78 is 5.07. The number of pyridine rings is 1. The maximum atomic E-state index is 12.1. The lowest BCUT2D eigenvalue weighted by atomic mass is 10.2. The fraction of sp³-hybridized carbons (Fsp3) is 0.625. The van der Waals surface area contributed by atoms with Crippen molar-refractivity contribution in [2.24, 2.45) is 5.92 Å². The minimum Gasteiger partial charge on any atom is -0.481 e. The molecule has 1 saturated carbocycles. The van der Waals surface area contributed by atoms with Gasteiger partial charge in [0.15, 0.2) is 0 Å². The maximum absolute atomic E-state index is 12.1. The minimum absolute atomic E-state index is 0.317. The number of carbonyl (C=O) groups is 1. The second kappa shape index (κ2) is 6.43. The van der Waals surface area contributed by atoms with Gasteiger partial charge in [-0.25, -0.2) is 4.98 Å². The summed E-state index contributed by atoms with van der Waals surface area (Å²) in [6.07, 6.45) is 5.08. The molecule has 1 aliphatic heterocycles. The SMILES string of the molecule is COc1ccc(CN2CCC(=O)N(CC3CC3)CC2)cn1. The van der Waals surface area contributed by atoms with Crippen LogP contribution in [0.25, 0.3) is 0 Å².